The van der Waals surface area contributed by atoms with Gasteiger partial charge in [0.1, 0.15) is 5.78 Å². The van der Waals surface area contributed by atoms with Crippen LogP contribution in [0.4, 0.5) is 0 Å². The van der Waals surface area contributed by atoms with E-state index in [9.17, 15) is 14.7 Å². The molecule has 1 saturated carbocycles. The number of hydrogen-bond donors (Lipinski definition) is 0. The predicted octanol–water partition coefficient (Wildman–Crippen LogP) is 1.55. The molecule has 0 aliphatic heterocycles. The molecule has 0 unspecified atom stereocenters. The van der Waals surface area contributed by atoms with Crippen LogP contribution in [0.15, 0.2) is 0 Å². The molecule has 0 aromatic heterocycles. The number of carbonyl (C=O) groups excluding carboxylic acids is 2. The molecule has 0 spiro atoms. The van der Waals surface area contributed by atoms with E-state index in [0.717, 1.165) is 25.7 Å². The van der Waals surface area contributed by atoms with Crippen LogP contribution in [-0.4, -0.2) is 11.8 Å². The van der Waals surface area contributed by atoms with E-state index in [1.807, 2.05) is 6.92 Å². The summed E-state index contributed by atoms with van der Waals surface area (Å²) in [5, 5.41) is 11.2. The standard InChI is InChI=1S/C13H22O3/c1-4-11(14)9-7-5-6-8-10(9)13(2,3)12(15)16/h9-10H,4-8H2,1-3H3,(H,15,16)/p-1/t9-,10+/m0/s1. The number of rotatable bonds is 4. The number of hydrogen-bond acceptors (Lipinski definition) is 3. The molecule has 0 radical (unpaired) electrons. The van der Waals surface area contributed by atoms with Crippen molar-refractivity contribution in [1.82, 2.24) is 0 Å². The van der Waals surface area contributed by atoms with E-state index in [1.165, 1.54) is 0 Å². The van der Waals surface area contributed by atoms with Crippen molar-refractivity contribution in [3.05, 3.63) is 0 Å². The second kappa shape index (κ2) is 4.98. The summed E-state index contributed by atoms with van der Waals surface area (Å²) in [7, 11) is 0. The molecule has 0 heterocycles. The average Bonchev–Trinajstić information content (AvgIpc) is 2.27. The summed E-state index contributed by atoms with van der Waals surface area (Å²) in [4.78, 5) is 23.0. The summed E-state index contributed by atoms with van der Waals surface area (Å²) < 4.78 is 0. The van der Waals surface area contributed by atoms with Crippen LogP contribution in [0.25, 0.3) is 0 Å². The minimum absolute atomic E-state index is 0.0568. The molecular formula is C13H21O3-. The van der Waals surface area contributed by atoms with Crippen molar-refractivity contribution < 1.29 is 14.7 Å². The molecule has 1 aliphatic carbocycles. The van der Waals surface area contributed by atoms with Crippen LogP contribution in [0.3, 0.4) is 0 Å². The highest BCUT2D eigenvalue weighted by Gasteiger charge is 2.40. The highest BCUT2D eigenvalue weighted by Crippen LogP contribution is 2.42. The molecule has 3 heteroatoms. The number of carboxylic acid groups (broad SMARTS) is 1. The summed E-state index contributed by atoms with van der Waals surface area (Å²) in [6.45, 7) is 5.22. The number of aliphatic carboxylic acids is 1. The number of carbonyl (C=O) groups is 2. The smallest absolute Gasteiger partial charge is 0.136 e. The van der Waals surface area contributed by atoms with Gasteiger partial charge in [0.2, 0.25) is 0 Å². The summed E-state index contributed by atoms with van der Waals surface area (Å²) in [6, 6.07) is 0. The Morgan fingerprint density at radius 1 is 1.25 bits per heavy atom. The first-order valence-electron chi connectivity index (χ1n) is 6.15. The van der Waals surface area contributed by atoms with E-state index in [-0.39, 0.29) is 17.6 Å². The van der Waals surface area contributed by atoms with Gasteiger partial charge in [0.15, 0.2) is 0 Å². The van der Waals surface area contributed by atoms with Crippen molar-refractivity contribution in [2.45, 2.75) is 52.9 Å². The fraction of sp³-hybridized carbons (Fsp3) is 0.846. The van der Waals surface area contributed by atoms with E-state index in [0.29, 0.717) is 6.42 Å². The van der Waals surface area contributed by atoms with E-state index >= 15 is 0 Å². The Morgan fingerprint density at radius 3 is 2.31 bits per heavy atom. The molecule has 92 valence electrons. The van der Waals surface area contributed by atoms with Crippen molar-refractivity contribution in [3.63, 3.8) is 0 Å². The molecule has 0 bridgehead atoms. The third kappa shape index (κ3) is 2.45. The van der Waals surface area contributed by atoms with E-state index in [1.54, 1.807) is 13.8 Å². The third-order valence-corrected chi connectivity index (χ3v) is 3.98. The lowest BCUT2D eigenvalue weighted by Crippen LogP contribution is -2.48. The summed E-state index contributed by atoms with van der Waals surface area (Å²) >= 11 is 0. The van der Waals surface area contributed by atoms with Gasteiger partial charge in [-0.2, -0.15) is 0 Å². The normalized spacial score (nSPS) is 26.4. The molecule has 0 saturated heterocycles. The largest absolute Gasteiger partial charge is 0.550 e. The van der Waals surface area contributed by atoms with Gasteiger partial charge in [-0.25, -0.2) is 0 Å². The van der Waals surface area contributed by atoms with Crippen molar-refractivity contribution >= 4 is 11.8 Å². The summed E-state index contributed by atoms with van der Waals surface area (Å²) in [6.07, 6.45) is 4.24. The zero-order valence-corrected chi connectivity index (χ0v) is 10.4. The van der Waals surface area contributed by atoms with Crippen LogP contribution in [0.5, 0.6) is 0 Å². The second-order valence-corrected chi connectivity index (χ2v) is 5.33. The van der Waals surface area contributed by atoms with Crippen molar-refractivity contribution in [3.8, 4) is 0 Å². The van der Waals surface area contributed by atoms with Gasteiger partial charge in [0, 0.05) is 23.7 Å². The Morgan fingerprint density at radius 2 is 1.81 bits per heavy atom. The predicted molar refractivity (Wildman–Crippen MR) is 59.5 cm³/mol. The molecule has 0 aromatic carbocycles. The minimum atomic E-state index is -1.03. The lowest BCUT2D eigenvalue weighted by Gasteiger charge is -2.42. The Balaban J connectivity index is 2.90. The third-order valence-electron chi connectivity index (χ3n) is 3.98. The molecular weight excluding hydrogens is 204 g/mol. The highest BCUT2D eigenvalue weighted by molar-refractivity contribution is 5.82. The van der Waals surface area contributed by atoms with E-state index in [2.05, 4.69) is 0 Å². The van der Waals surface area contributed by atoms with Gasteiger partial charge in [-0.05, 0) is 18.8 Å². The SMILES string of the molecule is CCC(=O)[C@H]1CCCC[C@H]1C(C)(C)C(=O)[O-]. The van der Waals surface area contributed by atoms with Crippen LogP contribution in [0, 0.1) is 17.3 Å². The number of ketones is 1. The number of Topliss-reactive ketones (excluding diaryl/α,β-unsaturated/α-hetero) is 1. The minimum Gasteiger partial charge on any atom is -0.550 e. The highest BCUT2D eigenvalue weighted by atomic mass is 16.4. The van der Waals surface area contributed by atoms with Gasteiger partial charge in [-0.1, -0.05) is 33.6 Å². The maximum absolute atomic E-state index is 11.8. The maximum atomic E-state index is 11.8. The fourth-order valence-corrected chi connectivity index (χ4v) is 2.79. The Hall–Kier alpha value is -0.860. The first-order chi connectivity index (χ1) is 7.41. The zero-order valence-electron chi connectivity index (χ0n) is 10.4. The zero-order chi connectivity index (χ0) is 12.3. The van der Waals surface area contributed by atoms with Crippen LogP contribution in [0.1, 0.15) is 52.9 Å². The molecule has 0 amide bonds. The van der Waals surface area contributed by atoms with Crippen molar-refractivity contribution in [1.29, 1.82) is 0 Å². The van der Waals surface area contributed by atoms with Gasteiger partial charge in [-0.15, -0.1) is 0 Å². The second-order valence-electron chi connectivity index (χ2n) is 5.33. The van der Waals surface area contributed by atoms with Gasteiger partial charge in [0.25, 0.3) is 0 Å². The Labute approximate surface area is 97.2 Å². The maximum Gasteiger partial charge on any atom is 0.136 e. The van der Waals surface area contributed by atoms with Crippen LogP contribution in [-0.2, 0) is 9.59 Å². The average molecular weight is 225 g/mol. The Bertz CT molecular complexity index is 281. The topological polar surface area (TPSA) is 57.2 Å². The van der Waals surface area contributed by atoms with E-state index in [4.69, 9.17) is 0 Å². The molecule has 0 aromatic rings. The Kier molecular flexibility index (Phi) is 4.11. The lowest BCUT2D eigenvalue weighted by molar-refractivity contribution is -0.321. The van der Waals surface area contributed by atoms with Crippen LogP contribution in [0.2, 0.25) is 0 Å². The number of carboxylic acids is 1. The van der Waals surface area contributed by atoms with Gasteiger partial charge < -0.3 is 9.90 Å². The van der Waals surface area contributed by atoms with Gasteiger partial charge in [-0.3, -0.25) is 4.79 Å². The fourth-order valence-electron chi connectivity index (χ4n) is 2.79. The molecule has 16 heavy (non-hydrogen) atoms. The molecule has 1 aliphatic rings. The van der Waals surface area contributed by atoms with E-state index < -0.39 is 11.4 Å². The monoisotopic (exact) mass is 225 g/mol. The quantitative estimate of drug-likeness (QED) is 0.729. The molecule has 3 nitrogen and oxygen atoms in total. The molecule has 1 rings (SSSR count). The summed E-state index contributed by atoms with van der Waals surface area (Å²) in [5.41, 5.74) is -0.893. The lowest BCUT2D eigenvalue weighted by atomic mass is 9.64. The van der Waals surface area contributed by atoms with Crippen molar-refractivity contribution in [2.24, 2.45) is 17.3 Å². The first-order valence-corrected chi connectivity index (χ1v) is 6.15. The van der Waals surface area contributed by atoms with Gasteiger partial charge in [0.05, 0.1) is 0 Å². The summed E-state index contributed by atoms with van der Waals surface area (Å²) in [5.74, 6) is -0.960. The van der Waals surface area contributed by atoms with Gasteiger partial charge >= 0.3 is 0 Å². The first kappa shape index (κ1) is 13.2. The van der Waals surface area contributed by atoms with Crippen molar-refractivity contribution in [2.75, 3.05) is 0 Å². The van der Waals surface area contributed by atoms with Crippen LogP contribution < -0.4 is 5.11 Å². The molecule has 2 atom stereocenters. The van der Waals surface area contributed by atoms with Crippen LogP contribution >= 0.6 is 0 Å². The molecule has 1 fully saturated rings. The molecule has 0 N–H and O–H groups in total.